The summed E-state index contributed by atoms with van der Waals surface area (Å²) in [5.74, 6) is -0.511. The number of piperazine rings is 2. The summed E-state index contributed by atoms with van der Waals surface area (Å²) in [6, 6.07) is 15.8. The summed E-state index contributed by atoms with van der Waals surface area (Å²) in [5.41, 5.74) is 3.01. The summed E-state index contributed by atoms with van der Waals surface area (Å²) in [4.78, 5) is 32.8. The van der Waals surface area contributed by atoms with Gasteiger partial charge in [-0.1, -0.05) is 12.1 Å². The van der Waals surface area contributed by atoms with Gasteiger partial charge in [0.25, 0.3) is 11.8 Å². The highest BCUT2D eigenvalue weighted by Crippen LogP contribution is 2.33. The lowest BCUT2D eigenvalue weighted by Gasteiger charge is -2.40. The molecule has 0 unspecified atom stereocenters. The highest BCUT2D eigenvalue weighted by Gasteiger charge is 2.32. The first-order chi connectivity index (χ1) is 20.9. The van der Waals surface area contributed by atoms with Crippen molar-refractivity contribution in [1.29, 1.82) is 0 Å². The molecule has 0 spiro atoms. The topological polar surface area (TPSA) is 77.2 Å². The Labute approximate surface area is 274 Å². The highest BCUT2D eigenvalue weighted by atomic mass is 35.5. The molecule has 3 fully saturated rings. The van der Waals surface area contributed by atoms with E-state index in [0.717, 1.165) is 56.8 Å². The van der Waals surface area contributed by atoms with Crippen LogP contribution in [0.2, 0.25) is 0 Å². The van der Waals surface area contributed by atoms with Crippen LogP contribution in [0.15, 0.2) is 60.7 Å². The van der Waals surface area contributed by atoms with Crippen LogP contribution in [0.25, 0.3) is 11.1 Å². The van der Waals surface area contributed by atoms with Gasteiger partial charge >= 0.3 is 0 Å². The Balaban J connectivity index is 0.00000230. The van der Waals surface area contributed by atoms with Gasteiger partial charge in [-0.2, -0.15) is 0 Å². The molecule has 3 aromatic rings. The van der Waals surface area contributed by atoms with E-state index in [2.05, 4.69) is 15.5 Å². The molecule has 8 nitrogen and oxygen atoms in total. The van der Waals surface area contributed by atoms with Crippen molar-refractivity contribution in [3.63, 3.8) is 0 Å². The van der Waals surface area contributed by atoms with Crippen LogP contribution >= 0.6 is 24.8 Å². The predicted octanol–water partition coefficient (Wildman–Crippen LogP) is 4.61. The van der Waals surface area contributed by atoms with Gasteiger partial charge in [0.05, 0.1) is 0 Å². The molecule has 0 saturated carbocycles. The van der Waals surface area contributed by atoms with Crippen LogP contribution in [-0.4, -0.2) is 92.7 Å². The molecule has 2 N–H and O–H groups in total. The van der Waals surface area contributed by atoms with Crippen molar-refractivity contribution < 1.29 is 23.1 Å². The van der Waals surface area contributed by atoms with Crippen LogP contribution in [-0.2, 0) is 0 Å². The number of hydrogen-bond acceptors (Lipinski definition) is 6. The van der Waals surface area contributed by atoms with Gasteiger partial charge in [-0.3, -0.25) is 9.59 Å². The van der Waals surface area contributed by atoms with Gasteiger partial charge in [0.15, 0.2) is 0 Å². The average Bonchev–Trinajstić information content (AvgIpc) is 3.54. The second-order valence-corrected chi connectivity index (χ2v) is 11.5. The number of rotatable bonds is 6. The fraction of sp³-hybridized carbons (Fsp3) is 0.394. The summed E-state index contributed by atoms with van der Waals surface area (Å²) in [5, 5.41) is 6.58. The molecule has 45 heavy (non-hydrogen) atoms. The van der Waals surface area contributed by atoms with E-state index in [1.807, 2.05) is 19.1 Å². The van der Waals surface area contributed by atoms with Crippen molar-refractivity contribution in [2.24, 2.45) is 0 Å². The number of nitrogens with one attached hydrogen (secondary N) is 2. The number of carbonyl (C=O) groups excluding carboxylic acids is 2. The minimum Gasteiger partial charge on any atom is -0.488 e. The van der Waals surface area contributed by atoms with Gasteiger partial charge in [0, 0.05) is 80.8 Å². The van der Waals surface area contributed by atoms with E-state index in [4.69, 9.17) is 4.74 Å². The number of nitrogens with zero attached hydrogens (tertiary/aromatic N) is 3. The van der Waals surface area contributed by atoms with E-state index in [1.165, 1.54) is 24.3 Å². The van der Waals surface area contributed by atoms with Crippen molar-refractivity contribution >= 4 is 42.3 Å². The zero-order chi connectivity index (χ0) is 29.9. The van der Waals surface area contributed by atoms with E-state index in [0.29, 0.717) is 42.2 Å². The molecule has 12 heteroatoms. The van der Waals surface area contributed by atoms with Crippen molar-refractivity contribution in [3.8, 4) is 16.9 Å². The summed E-state index contributed by atoms with van der Waals surface area (Å²) < 4.78 is 34.5. The molecule has 3 aliphatic rings. The van der Waals surface area contributed by atoms with Crippen LogP contribution in [0.3, 0.4) is 0 Å². The quantitative estimate of drug-likeness (QED) is 0.402. The third-order valence-corrected chi connectivity index (χ3v) is 8.48. The van der Waals surface area contributed by atoms with Gasteiger partial charge in [0.1, 0.15) is 23.5 Å². The maximum Gasteiger partial charge on any atom is 0.254 e. The number of anilines is 1. The number of amides is 2. The maximum absolute atomic E-state index is 14.6. The van der Waals surface area contributed by atoms with Gasteiger partial charge in [-0.05, 0) is 74.0 Å². The first-order valence-corrected chi connectivity index (χ1v) is 15.0. The predicted molar refractivity (Wildman–Crippen MR) is 176 cm³/mol. The number of ether oxygens (including phenoxy) is 1. The second-order valence-electron chi connectivity index (χ2n) is 11.5. The monoisotopic (exact) mass is 661 g/mol. The first-order valence-electron chi connectivity index (χ1n) is 15.0. The Kier molecular flexibility index (Phi) is 11.7. The van der Waals surface area contributed by atoms with E-state index < -0.39 is 5.82 Å². The minimum atomic E-state index is -0.435. The molecule has 242 valence electrons. The Morgan fingerprint density at radius 1 is 0.800 bits per heavy atom. The van der Waals surface area contributed by atoms with E-state index >= 15 is 0 Å². The summed E-state index contributed by atoms with van der Waals surface area (Å²) >= 11 is 0. The standard InChI is InChI=1S/C33H37F2N5O3.2ClH/c1-22-21-39(32(41)25-16-27(35)19-28(17-25)38-12-10-36-11-13-38)14-15-40(22)33(42)24-4-7-31(43-29-8-9-37-20-29)30(18-24)23-2-5-26(34)6-3-23;;/h2-7,16-19,22,29,36-37H,8-15,20-21H2,1H3;2*1H/t22-,29-;;/m0../s1. The van der Waals surface area contributed by atoms with Crippen LogP contribution in [0.4, 0.5) is 14.5 Å². The molecular weight excluding hydrogens is 623 g/mol. The molecule has 0 radical (unpaired) electrons. The second kappa shape index (κ2) is 15.2. The van der Waals surface area contributed by atoms with Crippen LogP contribution in [0.5, 0.6) is 5.75 Å². The molecule has 0 bridgehead atoms. The molecule has 3 heterocycles. The molecule has 0 aliphatic carbocycles. The summed E-state index contributed by atoms with van der Waals surface area (Å²) in [6.45, 7) is 7.71. The zero-order valence-corrected chi connectivity index (χ0v) is 26.8. The van der Waals surface area contributed by atoms with Gasteiger partial charge in [-0.25, -0.2) is 8.78 Å². The Bertz CT molecular complexity index is 1480. The molecule has 6 rings (SSSR count). The minimum absolute atomic E-state index is 0. The smallest absolute Gasteiger partial charge is 0.254 e. The normalized spacial score (nSPS) is 19.8. The molecule has 2 atom stereocenters. The fourth-order valence-corrected chi connectivity index (χ4v) is 6.12. The zero-order valence-electron chi connectivity index (χ0n) is 25.1. The van der Waals surface area contributed by atoms with E-state index in [1.54, 1.807) is 34.1 Å². The van der Waals surface area contributed by atoms with Gasteiger partial charge in [0.2, 0.25) is 0 Å². The van der Waals surface area contributed by atoms with Crippen molar-refractivity contribution in [2.45, 2.75) is 25.5 Å². The molecule has 2 amide bonds. The van der Waals surface area contributed by atoms with Crippen molar-refractivity contribution in [1.82, 2.24) is 20.4 Å². The molecular formula is C33H39Cl2F2N5O3. The molecule has 0 aromatic heterocycles. The SMILES string of the molecule is C[C@H]1CN(C(=O)c2cc(F)cc(N3CCNCC3)c2)CCN1C(=O)c1ccc(O[C@H]2CCNC2)c(-c2ccc(F)cc2)c1.Cl.Cl. The average molecular weight is 663 g/mol. The van der Waals surface area contributed by atoms with Gasteiger partial charge < -0.3 is 30.1 Å². The number of carbonyl (C=O) groups is 2. The lowest BCUT2D eigenvalue weighted by Crippen LogP contribution is -2.55. The largest absolute Gasteiger partial charge is 0.488 e. The molecule has 3 aromatic carbocycles. The third kappa shape index (κ3) is 7.87. The first kappa shape index (κ1) is 34.4. The highest BCUT2D eigenvalue weighted by molar-refractivity contribution is 5.98. The Hall–Kier alpha value is -3.44. The lowest BCUT2D eigenvalue weighted by atomic mass is 10.00. The van der Waals surface area contributed by atoms with E-state index in [9.17, 15) is 18.4 Å². The maximum atomic E-state index is 14.6. The number of benzene rings is 3. The van der Waals surface area contributed by atoms with Gasteiger partial charge in [-0.15, -0.1) is 24.8 Å². The number of hydrogen-bond donors (Lipinski definition) is 2. The fourth-order valence-electron chi connectivity index (χ4n) is 6.12. The van der Waals surface area contributed by atoms with Crippen molar-refractivity contribution in [3.05, 3.63) is 83.4 Å². The number of halogens is 4. The van der Waals surface area contributed by atoms with Crippen LogP contribution in [0, 0.1) is 11.6 Å². The lowest BCUT2D eigenvalue weighted by molar-refractivity contribution is 0.0414. The summed E-state index contributed by atoms with van der Waals surface area (Å²) in [7, 11) is 0. The van der Waals surface area contributed by atoms with E-state index in [-0.39, 0.29) is 54.6 Å². The van der Waals surface area contributed by atoms with Crippen LogP contribution in [0.1, 0.15) is 34.1 Å². The van der Waals surface area contributed by atoms with Crippen LogP contribution < -0.4 is 20.3 Å². The summed E-state index contributed by atoms with van der Waals surface area (Å²) in [6.07, 6.45) is 0.911. The third-order valence-electron chi connectivity index (χ3n) is 8.48. The van der Waals surface area contributed by atoms with Crippen molar-refractivity contribution in [2.75, 3.05) is 63.8 Å². The Morgan fingerprint density at radius 3 is 2.24 bits per heavy atom. The molecule has 3 saturated heterocycles. The Morgan fingerprint density at radius 2 is 1.56 bits per heavy atom. The molecule has 3 aliphatic heterocycles.